The second kappa shape index (κ2) is 4.88. The van der Waals surface area contributed by atoms with E-state index in [1.54, 1.807) is 0 Å². The summed E-state index contributed by atoms with van der Waals surface area (Å²) in [5.41, 5.74) is 2.45. The highest BCUT2D eigenvalue weighted by Crippen LogP contribution is 2.28. The summed E-state index contributed by atoms with van der Waals surface area (Å²) in [4.78, 5) is 0.676. The van der Waals surface area contributed by atoms with Gasteiger partial charge in [0.05, 0.1) is 18.8 Å². The van der Waals surface area contributed by atoms with Gasteiger partial charge in [-0.25, -0.2) is 0 Å². The molecule has 0 aliphatic carbocycles. The molecule has 0 aromatic heterocycles. The monoisotopic (exact) mass is 235 g/mol. The Morgan fingerprint density at radius 3 is 2.62 bits per heavy atom. The van der Waals surface area contributed by atoms with E-state index in [9.17, 15) is 0 Å². The minimum Gasteiger partial charge on any atom is -0.348 e. The molecule has 0 saturated carbocycles. The van der Waals surface area contributed by atoms with Gasteiger partial charge in [0, 0.05) is 10.5 Å². The minimum absolute atomic E-state index is 0.314. The maximum atomic E-state index is 8.94. The molecule has 3 nitrogen and oxygen atoms in total. The Balaban J connectivity index is 2.32. The van der Waals surface area contributed by atoms with Gasteiger partial charge in [-0.15, -0.1) is 12.6 Å². The second-order valence-electron chi connectivity index (χ2n) is 3.77. The van der Waals surface area contributed by atoms with Crippen LogP contribution < -0.4 is 0 Å². The summed E-state index contributed by atoms with van der Waals surface area (Å²) >= 11 is 4.30. The van der Waals surface area contributed by atoms with Gasteiger partial charge in [0.15, 0.2) is 6.29 Å². The van der Waals surface area contributed by atoms with E-state index in [-0.39, 0.29) is 6.29 Å². The van der Waals surface area contributed by atoms with Gasteiger partial charge < -0.3 is 9.47 Å². The first-order valence-electron chi connectivity index (χ1n) is 5.19. The lowest BCUT2D eigenvalue weighted by atomic mass is 10.1. The van der Waals surface area contributed by atoms with E-state index in [1.807, 2.05) is 19.1 Å². The van der Waals surface area contributed by atoms with Crippen molar-refractivity contribution in [3.8, 4) is 6.07 Å². The summed E-state index contributed by atoms with van der Waals surface area (Å²) in [6.45, 7) is 3.32. The van der Waals surface area contributed by atoms with Crippen molar-refractivity contribution in [3.63, 3.8) is 0 Å². The molecule has 0 bridgehead atoms. The Kier molecular flexibility index (Phi) is 3.49. The first kappa shape index (κ1) is 11.5. The quantitative estimate of drug-likeness (QED) is 0.761. The smallest absolute Gasteiger partial charge is 0.183 e. The van der Waals surface area contributed by atoms with Crippen LogP contribution in [0.3, 0.4) is 0 Å². The van der Waals surface area contributed by atoms with Crippen LogP contribution in [0.5, 0.6) is 0 Å². The van der Waals surface area contributed by atoms with Crippen LogP contribution in [0, 0.1) is 18.3 Å². The third kappa shape index (κ3) is 2.22. The van der Waals surface area contributed by atoms with Gasteiger partial charge in [0.25, 0.3) is 0 Å². The molecule has 0 N–H and O–H groups in total. The molecule has 0 unspecified atom stereocenters. The van der Waals surface area contributed by atoms with E-state index in [4.69, 9.17) is 14.7 Å². The van der Waals surface area contributed by atoms with Gasteiger partial charge in [0.1, 0.15) is 6.07 Å². The fraction of sp³-hybridized carbons (Fsp3) is 0.417. The van der Waals surface area contributed by atoms with Crippen molar-refractivity contribution < 1.29 is 9.47 Å². The predicted molar refractivity (Wildman–Crippen MR) is 62.4 cm³/mol. The SMILES string of the molecule is Cc1cc(C2OCCCO2)cc(S)c1C#N. The Hall–Kier alpha value is -1.02. The van der Waals surface area contributed by atoms with Crippen molar-refractivity contribution >= 4 is 12.6 Å². The van der Waals surface area contributed by atoms with Crippen LogP contribution in [0.25, 0.3) is 0 Å². The zero-order chi connectivity index (χ0) is 11.5. The summed E-state index contributed by atoms with van der Waals surface area (Å²) in [6.07, 6.45) is 0.616. The van der Waals surface area contributed by atoms with Crippen LogP contribution in [-0.4, -0.2) is 13.2 Å². The third-order valence-corrected chi connectivity index (χ3v) is 2.90. The van der Waals surface area contributed by atoms with E-state index in [1.165, 1.54) is 0 Å². The maximum absolute atomic E-state index is 8.94. The Morgan fingerprint density at radius 2 is 2.06 bits per heavy atom. The molecule has 4 heteroatoms. The highest BCUT2D eigenvalue weighted by Gasteiger charge is 2.18. The van der Waals surface area contributed by atoms with Gasteiger partial charge >= 0.3 is 0 Å². The average Bonchev–Trinajstić information content (AvgIpc) is 2.30. The summed E-state index contributed by atoms with van der Waals surface area (Å²) in [5.74, 6) is 0. The van der Waals surface area contributed by atoms with Gasteiger partial charge in [-0.05, 0) is 31.0 Å². The molecule has 0 amide bonds. The van der Waals surface area contributed by atoms with Crippen molar-refractivity contribution in [3.05, 3.63) is 28.8 Å². The van der Waals surface area contributed by atoms with Gasteiger partial charge in [-0.2, -0.15) is 5.26 Å². The number of aryl methyl sites for hydroxylation is 1. The van der Waals surface area contributed by atoms with Crippen LogP contribution in [0.2, 0.25) is 0 Å². The predicted octanol–water partition coefficient (Wildman–Crippen LogP) is 2.59. The molecule has 2 rings (SSSR count). The fourth-order valence-corrected chi connectivity index (χ4v) is 2.13. The number of thiol groups is 1. The number of hydrogen-bond acceptors (Lipinski definition) is 4. The summed E-state index contributed by atoms with van der Waals surface area (Å²) < 4.78 is 11.0. The zero-order valence-corrected chi connectivity index (χ0v) is 9.96. The lowest BCUT2D eigenvalue weighted by Crippen LogP contribution is -2.18. The molecule has 84 valence electrons. The highest BCUT2D eigenvalue weighted by molar-refractivity contribution is 7.80. The molecule has 1 aliphatic rings. The molecule has 16 heavy (non-hydrogen) atoms. The Morgan fingerprint density at radius 1 is 1.38 bits per heavy atom. The molecule has 1 fully saturated rings. The van der Waals surface area contributed by atoms with E-state index in [0.717, 1.165) is 17.5 Å². The van der Waals surface area contributed by atoms with Crippen molar-refractivity contribution in [1.82, 2.24) is 0 Å². The molecule has 0 spiro atoms. The van der Waals surface area contributed by atoms with Gasteiger partial charge in [-0.3, -0.25) is 0 Å². The first-order chi connectivity index (χ1) is 7.72. The number of nitriles is 1. The van der Waals surface area contributed by atoms with Crippen LogP contribution in [0.1, 0.15) is 29.4 Å². The van der Waals surface area contributed by atoms with Crippen molar-refractivity contribution in [2.24, 2.45) is 0 Å². The van der Waals surface area contributed by atoms with Crippen molar-refractivity contribution in [2.45, 2.75) is 24.5 Å². The molecule has 1 aromatic carbocycles. The number of rotatable bonds is 1. The normalized spacial score (nSPS) is 17.1. The highest BCUT2D eigenvalue weighted by atomic mass is 32.1. The third-order valence-electron chi connectivity index (χ3n) is 2.55. The van der Waals surface area contributed by atoms with Crippen LogP contribution >= 0.6 is 12.6 Å². The standard InChI is InChI=1S/C12H13NO2S/c1-8-5-9(6-11(16)10(8)7-13)12-14-3-2-4-15-12/h5-6,12,16H,2-4H2,1H3. The molecular weight excluding hydrogens is 222 g/mol. The summed E-state index contributed by atoms with van der Waals surface area (Å²) in [6, 6.07) is 5.90. The van der Waals surface area contributed by atoms with Crippen LogP contribution in [-0.2, 0) is 9.47 Å². The Bertz CT molecular complexity index is 410. The molecule has 1 aliphatic heterocycles. The largest absolute Gasteiger partial charge is 0.348 e. The molecule has 1 aromatic rings. The topological polar surface area (TPSA) is 42.2 Å². The van der Waals surface area contributed by atoms with E-state index in [2.05, 4.69) is 18.7 Å². The number of benzene rings is 1. The molecular formula is C12H13NO2S. The van der Waals surface area contributed by atoms with E-state index < -0.39 is 0 Å². The molecule has 1 saturated heterocycles. The molecule has 0 radical (unpaired) electrons. The van der Waals surface area contributed by atoms with Crippen LogP contribution in [0.15, 0.2) is 17.0 Å². The Labute approximate surface area is 100 Å². The molecule has 1 heterocycles. The minimum atomic E-state index is -0.314. The fourth-order valence-electron chi connectivity index (χ4n) is 1.76. The zero-order valence-electron chi connectivity index (χ0n) is 9.06. The van der Waals surface area contributed by atoms with Gasteiger partial charge in [-0.1, -0.05) is 0 Å². The van der Waals surface area contributed by atoms with E-state index in [0.29, 0.717) is 23.7 Å². The van der Waals surface area contributed by atoms with Crippen molar-refractivity contribution in [2.75, 3.05) is 13.2 Å². The maximum Gasteiger partial charge on any atom is 0.183 e. The second-order valence-corrected chi connectivity index (χ2v) is 4.25. The summed E-state index contributed by atoms with van der Waals surface area (Å²) in [5, 5.41) is 8.94. The van der Waals surface area contributed by atoms with Gasteiger partial charge in [0.2, 0.25) is 0 Å². The summed E-state index contributed by atoms with van der Waals surface area (Å²) in [7, 11) is 0. The number of nitrogens with zero attached hydrogens (tertiary/aromatic N) is 1. The lowest BCUT2D eigenvalue weighted by molar-refractivity contribution is -0.183. The van der Waals surface area contributed by atoms with Crippen LogP contribution in [0.4, 0.5) is 0 Å². The lowest BCUT2D eigenvalue weighted by Gasteiger charge is -2.24. The molecule has 0 atom stereocenters. The number of hydrogen-bond donors (Lipinski definition) is 1. The van der Waals surface area contributed by atoms with E-state index >= 15 is 0 Å². The average molecular weight is 235 g/mol. The van der Waals surface area contributed by atoms with Crippen molar-refractivity contribution in [1.29, 1.82) is 5.26 Å². The number of ether oxygens (including phenoxy) is 2. The first-order valence-corrected chi connectivity index (χ1v) is 5.64.